The van der Waals surface area contributed by atoms with Gasteiger partial charge in [0, 0.05) is 26.1 Å². The van der Waals surface area contributed by atoms with E-state index in [4.69, 9.17) is 15.2 Å². The van der Waals surface area contributed by atoms with E-state index in [1.54, 1.807) is 7.11 Å². The summed E-state index contributed by atoms with van der Waals surface area (Å²) in [6.45, 7) is 2.97. The molecule has 2 rings (SSSR count). The number of hydrogen-bond acceptors (Lipinski definition) is 4. The third kappa shape index (κ3) is 6.30. The summed E-state index contributed by atoms with van der Waals surface area (Å²) in [5.41, 5.74) is 6.55. The number of halogens is 1. The fraction of sp³-hybridized carbons (Fsp3) is 0.611. The Labute approximate surface area is 150 Å². The van der Waals surface area contributed by atoms with Crippen molar-refractivity contribution in [2.24, 2.45) is 5.73 Å². The molecule has 0 radical (unpaired) electrons. The third-order valence-corrected chi connectivity index (χ3v) is 4.30. The minimum absolute atomic E-state index is 0. The molecule has 1 fully saturated rings. The van der Waals surface area contributed by atoms with Gasteiger partial charge in [0.15, 0.2) is 0 Å². The van der Waals surface area contributed by atoms with E-state index in [1.807, 2.05) is 29.2 Å². The first kappa shape index (κ1) is 20.7. The van der Waals surface area contributed by atoms with Crippen molar-refractivity contribution < 1.29 is 14.3 Å². The third-order valence-electron chi connectivity index (χ3n) is 4.30. The van der Waals surface area contributed by atoms with Crippen LogP contribution < -0.4 is 10.5 Å². The maximum atomic E-state index is 12.4. The van der Waals surface area contributed by atoms with E-state index < -0.39 is 0 Å². The van der Waals surface area contributed by atoms with Gasteiger partial charge in [-0.25, -0.2) is 0 Å². The fourth-order valence-electron chi connectivity index (χ4n) is 2.91. The molecule has 5 nitrogen and oxygen atoms in total. The predicted octanol–water partition coefficient (Wildman–Crippen LogP) is 2.41. The average molecular weight is 357 g/mol. The lowest BCUT2D eigenvalue weighted by molar-refractivity contribution is -0.133. The molecule has 0 unspecified atom stereocenters. The molecule has 1 heterocycles. The molecule has 2 N–H and O–H groups in total. The van der Waals surface area contributed by atoms with Crippen molar-refractivity contribution in [3.8, 4) is 5.75 Å². The van der Waals surface area contributed by atoms with Crippen molar-refractivity contribution in [2.75, 3.05) is 33.4 Å². The van der Waals surface area contributed by atoms with Crippen LogP contribution in [0.2, 0.25) is 0 Å². The Morgan fingerprint density at radius 1 is 1.29 bits per heavy atom. The Kier molecular flexibility index (Phi) is 9.76. The number of likely N-dealkylation sites (tertiary alicyclic amines) is 1. The van der Waals surface area contributed by atoms with Gasteiger partial charge in [0.25, 0.3) is 0 Å². The van der Waals surface area contributed by atoms with Crippen molar-refractivity contribution in [3.05, 3.63) is 29.8 Å². The molecule has 1 saturated heterocycles. The summed E-state index contributed by atoms with van der Waals surface area (Å²) >= 11 is 0. The smallest absolute Gasteiger partial charge is 0.222 e. The van der Waals surface area contributed by atoms with Gasteiger partial charge in [-0.2, -0.15) is 0 Å². The monoisotopic (exact) mass is 356 g/mol. The number of carbonyl (C=O) groups excluding carboxylic acids is 1. The van der Waals surface area contributed by atoms with E-state index in [1.165, 1.54) is 0 Å². The zero-order valence-electron chi connectivity index (χ0n) is 14.4. The van der Waals surface area contributed by atoms with Crippen molar-refractivity contribution in [3.63, 3.8) is 0 Å². The normalized spacial score (nSPS) is 15.0. The molecule has 0 atom stereocenters. The van der Waals surface area contributed by atoms with Crippen LogP contribution in [0.5, 0.6) is 5.75 Å². The molecule has 1 aromatic rings. The van der Waals surface area contributed by atoms with E-state index in [-0.39, 0.29) is 24.4 Å². The quantitative estimate of drug-likeness (QED) is 0.726. The number of rotatable bonds is 8. The molecule has 24 heavy (non-hydrogen) atoms. The molecule has 0 aromatic heterocycles. The molecule has 1 aliphatic heterocycles. The molecule has 0 aliphatic carbocycles. The first-order valence-corrected chi connectivity index (χ1v) is 8.46. The lowest BCUT2D eigenvalue weighted by atomic mass is 10.0. The number of piperidine rings is 1. The predicted molar refractivity (Wildman–Crippen MR) is 97.8 cm³/mol. The molecule has 6 heteroatoms. The number of ether oxygens (including phenoxy) is 2. The van der Waals surface area contributed by atoms with Gasteiger partial charge in [0.2, 0.25) is 5.91 Å². The van der Waals surface area contributed by atoms with Crippen LogP contribution in [0.15, 0.2) is 24.3 Å². The molecular formula is C18H29ClN2O3. The lowest BCUT2D eigenvalue weighted by Gasteiger charge is -2.32. The summed E-state index contributed by atoms with van der Waals surface area (Å²) in [5, 5.41) is 0. The van der Waals surface area contributed by atoms with Crippen LogP contribution >= 0.6 is 12.4 Å². The maximum Gasteiger partial charge on any atom is 0.222 e. The van der Waals surface area contributed by atoms with Crippen LogP contribution in [0.3, 0.4) is 0 Å². The summed E-state index contributed by atoms with van der Waals surface area (Å²) in [4.78, 5) is 14.3. The van der Waals surface area contributed by atoms with E-state index in [0.29, 0.717) is 13.0 Å². The fourth-order valence-corrected chi connectivity index (χ4v) is 2.91. The maximum absolute atomic E-state index is 12.4. The van der Waals surface area contributed by atoms with Crippen molar-refractivity contribution in [1.29, 1.82) is 0 Å². The Morgan fingerprint density at radius 2 is 2.00 bits per heavy atom. The van der Waals surface area contributed by atoms with Gasteiger partial charge >= 0.3 is 0 Å². The Balaban J connectivity index is 0.00000288. The van der Waals surface area contributed by atoms with Crippen LogP contribution in [0.1, 0.15) is 31.2 Å². The van der Waals surface area contributed by atoms with Gasteiger partial charge in [-0.05, 0) is 43.9 Å². The number of nitrogens with zero attached hydrogens (tertiary/aromatic N) is 1. The molecule has 0 bridgehead atoms. The van der Waals surface area contributed by atoms with Crippen LogP contribution in [0.25, 0.3) is 0 Å². The minimum atomic E-state index is 0. The topological polar surface area (TPSA) is 64.8 Å². The Bertz CT molecular complexity index is 491. The highest BCUT2D eigenvalue weighted by molar-refractivity contribution is 5.85. The molecule has 0 spiro atoms. The number of carbonyl (C=O) groups is 1. The Hall–Kier alpha value is -1.30. The van der Waals surface area contributed by atoms with Gasteiger partial charge < -0.3 is 20.1 Å². The molecule has 0 saturated carbocycles. The number of benzene rings is 1. The first-order valence-electron chi connectivity index (χ1n) is 8.46. The summed E-state index contributed by atoms with van der Waals surface area (Å²) in [7, 11) is 1.66. The minimum Gasteiger partial charge on any atom is -0.496 e. The zero-order chi connectivity index (χ0) is 16.5. The highest BCUT2D eigenvalue weighted by atomic mass is 35.5. The molecular weight excluding hydrogens is 328 g/mol. The lowest BCUT2D eigenvalue weighted by Crippen LogP contribution is -2.41. The van der Waals surface area contributed by atoms with Crippen LogP contribution in [-0.4, -0.2) is 50.3 Å². The van der Waals surface area contributed by atoms with Gasteiger partial charge in [0.05, 0.1) is 13.2 Å². The second-order valence-corrected chi connectivity index (χ2v) is 5.91. The van der Waals surface area contributed by atoms with Crippen LogP contribution in [-0.2, 0) is 16.0 Å². The van der Waals surface area contributed by atoms with Gasteiger partial charge in [-0.1, -0.05) is 18.2 Å². The van der Waals surface area contributed by atoms with E-state index in [0.717, 1.165) is 56.7 Å². The summed E-state index contributed by atoms with van der Waals surface area (Å²) < 4.78 is 11.1. The zero-order valence-corrected chi connectivity index (χ0v) is 15.2. The van der Waals surface area contributed by atoms with Crippen LogP contribution in [0, 0.1) is 0 Å². The second kappa shape index (κ2) is 11.3. The van der Waals surface area contributed by atoms with Gasteiger partial charge in [-0.15, -0.1) is 12.4 Å². The Morgan fingerprint density at radius 3 is 2.67 bits per heavy atom. The van der Waals surface area contributed by atoms with E-state index in [9.17, 15) is 4.79 Å². The van der Waals surface area contributed by atoms with Gasteiger partial charge in [0.1, 0.15) is 5.75 Å². The average Bonchev–Trinajstić information content (AvgIpc) is 2.60. The van der Waals surface area contributed by atoms with E-state index in [2.05, 4.69) is 0 Å². The summed E-state index contributed by atoms with van der Waals surface area (Å²) in [6.07, 6.45) is 4.27. The summed E-state index contributed by atoms with van der Waals surface area (Å²) in [5.74, 6) is 1.07. The number of para-hydroxylation sites is 1. The molecule has 136 valence electrons. The SMILES string of the molecule is COc1ccccc1CCC(=O)N1CCC(OCCCN)CC1.Cl. The number of nitrogens with two attached hydrogens (primary N) is 1. The highest BCUT2D eigenvalue weighted by Gasteiger charge is 2.23. The molecule has 1 aliphatic rings. The van der Waals surface area contributed by atoms with Gasteiger partial charge in [-0.3, -0.25) is 4.79 Å². The van der Waals surface area contributed by atoms with Crippen molar-refractivity contribution in [2.45, 2.75) is 38.2 Å². The van der Waals surface area contributed by atoms with Crippen LogP contribution in [0.4, 0.5) is 0 Å². The number of amides is 1. The van der Waals surface area contributed by atoms with Crippen molar-refractivity contribution >= 4 is 18.3 Å². The second-order valence-electron chi connectivity index (χ2n) is 5.91. The molecule has 1 aromatic carbocycles. The van der Waals surface area contributed by atoms with Crippen molar-refractivity contribution in [1.82, 2.24) is 4.90 Å². The van der Waals surface area contributed by atoms with E-state index >= 15 is 0 Å². The largest absolute Gasteiger partial charge is 0.496 e. The number of aryl methyl sites for hydroxylation is 1. The highest BCUT2D eigenvalue weighted by Crippen LogP contribution is 2.20. The number of methoxy groups -OCH3 is 1. The number of hydrogen-bond donors (Lipinski definition) is 1. The summed E-state index contributed by atoms with van der Waals surface area (Å²) in [6, 6.07) is 7.87. The first-order chi connectivity index (χ1) is 11.2. The standard InChI is InChI=1S/C18H28N2O3.ClH/c1-22-17-6-3-2-5-15(17)7-8-18(21)20-12-9-16(10-13-20)23-14-4-11-19;/h2-3,5-6,16H,4,7-14,19H2,1H3;1H. The molecule has 1 amide bonds.